The monoisotopic (exact) mass is 438 g/mol. The third-order valence-corrected chi connectivity index (χ3v) is 3.98. The fourth-order valence-electron chi connectivity index (χ4n) is 2.62. The average Bonchev–Trinajstić information content (AvgIpc) is 2.61. The zero-order chi connectivity index (χ0) is 23.2. The van der Waals surface area contributed by atoms with Gasteiger partial charge in [0.2, 0.25) is 0 Å². The lowest BCUT2D eigenvalue weighted by Gasteiger charge is -2.22. The Hall–Kier alpha value is -3.63. The van der Waals surface area contributed by atoms with Crippen LogP contribution < -0.4 is 16.1 Å². The van der Waals surface area contributed by atoms with Gasteiger partial charge in [-0.1, -0.05) is 0 Å². The van der Waals surface area contributed by atoms with Gasteiger partial charge in [-0.05, 0) is 12.1 Å². The summed E-state index contributed by atoms with van der Waals surface area (Å²) in [6.07, 6.45) is -10.8. The summed E-state index contributed by atoms with van der Waals surface area (Å²) in [5, 5.41) is 9.03. The van der Waals surface area contributed by atoms with Crippen LogP contribution in [0, 0.1) is 17.1 Å². The summed E-state index contributed by atoms with van der Waals surface area (Å²) >= 11 is 0. The van der Waals surface area contributed by atoms with Crippen LogP contribution in [-0.4, -0.2) is 28.7 Å². The van der Waals surface area contributed by atoms with E-state index >= 15 is 0 Å². The molecule has 0 spiro atoms. The Balaban J connectivity index is 2.95. The van der Waals surface area contributed by atoms with Crippen molar-refractivity contribution in [3.8, 4) is 17.2 Å². The van der Waals surface area contributed by atoms with Crippen LogP contribution in [-0.2, 0) is 18.0 Å². The minimum Gasteiger partial charge on any atom is -0.306 e. The van der Waals surface area contributed by atoms with E-state index in [0.29, 0.717) is 20.2 Å². The maximum absolute atomic E-state index is 14.5. The van der Waals surface area contributed by atoms with Crippen LogP contribution in [0.5, 0.6) is 0 Å². The molecule has 1 N–H and O–H groups in total. The molecular formula is C16H9F7N4O3. The van der Waals surface area contributed by atoms with Gasteiger partial charge in [0.1, 0.15) is 17.6 Å². The van der Waals surface area contributed by atoms with E-state index in [9.17, 15) is 45.1 Å². The minimum atomic E-state index is -5.42. The summed E-state index contributed by atoms with van der Waals surface area (Å²) in [4.78, 5) is 36.5. The number of carbonyl (C=O) groups excluding carboxylic acids is 1. The molecule has 0 aliphatic rings. The van der Waals surface area contributed by atoms with Crippen molar-refractivity contribution in [1.82, 2.24) is 9.55 Å². The number of aromatic amines is 1. The number of nitrogens with zero attached hydrogens (tertiary/aromatic N) is 3. The molecule has 0 aliphatic carbocycles. The first-order valence-corrected chi connectivity index (χ1v) is 7.60. The summed E-state index contributed by atoms with van der Waals surface area (Å²) < 4.78 is 93.0. The number of H-pyrrole nitrogens is 1. The zero-order valence-electron chi connectivity index (χ0n) is 14.9. The molecule has 7 nitrogen and oxygen atoms in total. The van der Waals surface area contributed by atoms with Crippen LogP contribution in [0.25, 0.3) is 11.1 Å². The third kappa shape index (κ3) is 3.91. The second-order valence-corrected chi connectivity index (χ2v) is 5.86. The van der Waals surface area contributed by atoms with Crippen LogP contribution in [0.3, 0.4) is 0 Å². The number of benzene rings is 1. The molecule has 0 bridgehead atoms. The summed E-state index contributed by atoms with van der Waals surface area (Å²) in [6.45, 7) is 0. The van der Waals surface area contributed by atoms with Crippen molar-refractivity contribution in [3.63, 3.8) is 0 Å². The number of hydrogen-bond acceptors (Lipinski definition) is 4. The minimum absolute atomic E-state index is 0.0291. The highest BCUT2D eigenvalue weighted by molar-refractivity contribution is 5.98. The van der Waals surface area contributed by atoms with E-state index in [2.05, 4.69) is 0 Å². The topological polar surface area (TPSA) is 99.0 Å². The van der Waals surface area contributed by atoms with E-state index < -0.39 is 63.4 Å². The van der Waals surface area contributed by atoms with Gasteiger partial charge < -0.3 is 4.90 Å². The van der Waals surface area contributed by atoms with Gasteiger partial charge in [-0.2, -0.15) is 31.6 Å². The van der Waals surface area contributed by atoms with E-state index in [-0.39, 0.29) is 15.5 Å². The number of alkyl halides is 6. The van der Waals surface area contributed by atoms with Crippen LogP contribution in [0.15, 0.2) is 21.7 Å². The number of hydrogen-bond donors (Lipinski definition) is 1. The largest absolute Gasteiger partial charge is 0.471 e. The van der Waals surface area contributed by atoms with Crippen LogP contribution in [0.4, 0.5) is 36.4 Å². The van der Waals surface area contributed by atoms with Crippen molar-refractivity contribution in [2.75, 3.05) is 11.9 Å². The molecule has 0 fully saturated rings. The molecule has 2 aromatic rings. The summed E-state index contributed by atoms with van der Waals surface area (Å²) in [6, 6.07) is 1.91. The quantitative estimate of drug-likeness (QED) is 0.728. The van der Waals surface area contributed by atoms with Gasteiger partial charge in [0.15, 0.2) is 0 Å². The molecule has 0 saturated heterocycles. The fraction of sp³-hybridized carbons (Fsp3) is 0.250. The lowest BCUT2D eigenvalue weighted by atomic mass is 10.00. The first-order chi connectivity index (χ1) is 13.6. The van der Waals surface area contributed by atoms with E-state index in [4.69, 9.17) is 5.26 Å². The maximum atomic E-state index is 14.5. The number of anilines is 1. The van der Waals surface area contributed by atoms with Gasteiger partial charge in [0.05, 0.1) is 16.8 Å². The smallest absolute Gasteiger partial charge is 0.306 e. The van der Waals surface area contributed by atoms with Crippen LogP contribution in [0.2, 0.25) is 0 Å². The second-order valence-electron chi connectivity index (χ2n) is 5.86. The van der Waals surface area contributed by atoms with Crippen molar-refractivity contribution in [2.24, 2.45) is 7.05 Å². The zero-order valence-corrected chi connectivity index (χ0v) is 14.9. The first-order valence-electron chi connectivity index (χ1n) is 7.60. The Labute approximate surface area is 161 Å². The van der Waals surface area contributed by atoms with Gasteiger partial charge >= 0.3 is 23.9 Å². The maximum Gasteiger partial charge on any atom is 0.471 e. The Morgan fingerprint density at radius 1 is 1.17 bits per heavy atom. The molecule has 1 amide bonds. The van der Waals surface area contributed by atoms with Gasteiger partial charge in [-0.15, -0.1) is 0 Å². The van der Waals surface area contributed by atoms with E-state index in [0.717, 1.165) is 0 Å². The fourth-order valence-corrected chi connectivity index (χ4v) is 2.62. The third-order valence-electron chi connectivity index (χ3n) is 3.98. The molecule has 1 heterocycles. The Morgan fingerprint density at radius 3 is 2.20 bits per heavy atom. The van der Waals surface area contributed by atoms with Crippen molar-refractivity contribution >= 4 is 11.6 Å². The van der Waals surface area contributed by atoms with Gasteiger partial charge in [-0.25, -0.2) is 9.18 Å². The van der Waals surface area contributed by atoms with Gasteiger partial charge in [0.25, 0.3) is 5.56 Å². The Morgan fingerprint density at radius 2 is 1.73 bits per heavy atom. The van der Waals surface area contributed by atoms with Crippen LogP contribution in [0.1, 0.15) is 11.3 Å². The second kappa shape index (κ2) is 7.32. The molecular weight excluding hydrogens is 429 g/mol. The number of amides is 1. The molecule has 0 aliphatic heterocycles. The number of aromatic nitrogens is 2. The number of rotatable bonds is 2. The number of carbonyl (C=O) groups is 1. The lowest BCUT2D eigenvalue weighted by molar-refractivity contribution is -0.170. The normalized spacial score (nSPS) is 11.9. The molecule has 0 saturated carbocycles. The number of nitriles is 1. The summed E-state index contributed by atoms with van der Waals surface area (Å²) in [5.41, 5.74) is -9.34. The van der Waals surface area contributed by atoms with Gasteiger partial charge in [-0.3, -0.25) is 19.1 Å². The van der Waals surface area contributed by atoms with E-state index in [1.807, 2.05) is 0 Å². The Bertz CT molecular complexity index is 1190. The van der Waals surface area contributed by atoms with Crippen molar-refractivity contribution in [3.05, 3.63) is 50.0 Å². The SMILES string of the molecule is CN(C(=O)C(F)(F)F)c1cc(-c2c(C(F)(F)F)n(C)c(=O)[nH]c2=O)c(F)cc1C#N. The van der Waals surface area contributed by atoms with E-state index in [1.54, 1.807) is 0 Å². The molecule has 2 rings (SSSR count). The summed E-state index contributed by atoms with van der Waals surface area (Å²) in [7, 11) is 1.19. The van der Waals surface area contributed by atoms with Crippen molar-refractivity contribution < 1.29 is 35.5 Å². The highest BCUT2D eigenvalue weighted by atomic mass is 19.4. The molecule has 1 aromatic carbocycles. The van der Waals surface area contributed by atoms with E-state index in [1.165, 1.54) is 11.1 Å². The van der Waals surface area contributed by atoms with Crippen LogP contribution >= 0.6 is 0 Å². The highest BCUT2D eigenvalue weighted by Gasteiger charge is 2.43. The molecule has 30 heavy (non-hydrogen) atoms. The van der Waals surface area contributed by atoms with Crippen molar-refractivity contribution in [2.45, 2.75) is 12.4 Å². The predicted molar refractivity (Wildman–Crippen MR) is 86.9 cm³/mol. The Kier molecular flexibility index (Phi) is 5.53. The molecule has 14 heteroatoms. The molecule has 1 aromatic heterocycles. The van der Waals surface area contributed by atoms with Crippen molar-refractivity contribution in [1.29, 1.82) is 5.26 Å². The average molecular weight is 438 g/mol. The molecule has 160 valence electrons. The molecule has 0 radical (unpaired) electrons. The molecule has 0 unspecified atom stereocenters. The summed E-state index contributed by atoms with van der Waals surface area (Å²) in [5.74, 6) is -4.07. The standard InChI is InChI=1S/C16H9F7N4O3/c1-26(13(29)16(21,22)23)9-4-7(8(17)3-6(9)5-24)10-11(15(18,19)20)27(2)14(30)25-12(10)28/h3-4H,1-2H3,(H,25,28,30). The highest BCUT2D eigenvalue weighted by Crippen LogP contribution is 2.37. The van der Waals surface area contributed by atoms with Gasteiger partial charge in [0, 0.05) is 19.7 Å². The first kappa shape index (κ1) is 22.7. The molecule has 0 atom stereocenters. The number of nitrogens with one attached hydrogen (secondary N) is 1. The predicted octanol–water partition coefficient (Wildman–Crippen LogP) is 2.30. The lowest BCUT2D eigenvalue weighted by Crippen LogP contribution is -2.39. The number of halogens is 7.